The first kappa shape index (κ1) is 17.7. The maximum atomic E-state index is 12.1. The number of nitrogens with one attached hydrogen (secondary N) is 1. The molecule has 5 heteroatoms. The van der Waals surface area contributed by atoms with Gasteiger partial charge in [0.1, 0.15) is 11.6 Å². The first-order chi connectivity index (χ1) is 10.9. The van der Waals surface area contributed by atoms with Crippen LogP contribution >= 0.6 is 0 Å². The van der Waals surface area contributed by atoms with Gasteiger partial charge in [-0.2, -0.15) is 0 Å². The maximum absolute atomic E-state index is 12.1. The first-order valence-corrected chi connectivity index (χ1v) is 8.78. The number of aromatic nitrogens is 2. The molecule has 5 nitrogen and oxygen atoms in total. The number of carbonyl (C=O) groups is 1. The van der Waals surface area contributed by atoms with Crippen LogP contribution in [0.15, 0.2) is 12.3 Å². The Morgan fingerprint density at radius 2 is 2.04 bits per heavy atom. The molecule has 1 aromatic heterocycles. The van der Waals surface area contributed by atoms with Gasteiger partial charge in [-0.1, -0.05) is 34.1 Å². The third-order valence-corrected chi connectivity index (χ3v) is 4.33. The van der Waals surface area contributed by atoms with Crippen molar-refractivity contribution in [2.24, 2.45) is 5.92 Å². The molecule has 2 heterocycles. The predicted molar refractivity (Wildman–Crippen MR) is 93.6 cm³/mol. The van der Waals surface area contributed by atoms with Crippen LogP contribution in [0.3, 0.4) is 0 Å². The first-order valence-electron chi connectivity index (χ1n) is 8.78. The van der Waals surface area contributed by atoms with Crippen LogP contribution < -0.4 is 10.2 Å². The topological polar surface area (TPSA) is 58.1 Å². The molecule has 0 atom stereocenters. The van der Waals surface area contributed by atoms with Crippen molar-refractivity contribution in [3.8, 4) is 0 Å². The van der Waals surface area contributed by atoms with Crippen LogP contribution in [0, 0.1) is 5.92 Å². The van der Waals surface area contributed by atoms with E-state index in [9.17, 15) is 4.79 Å². The lowest BCUT2D eigenvalue weighted by molar-refractivity contribution is -0.125. The van der Waals surface area contributed by atoms with Gasteiger partial charge in [0.25, 0.3) is 0 Å². The van der Waals surface area contributed by atoms with Crippen LogP contribution in [-0.4, -0.2) is 35.5 Å². The SMILES string of the molecule is CCCCNC(=O)C1CCN(c2ccnc(C(C)(C)C)n2)CC1. The Bertz CT molecular complexity index is 516. The summed E-state index contributed by atoms with van der Waals surface area (Å²) in [6, 6.07) is 1.97. The van der Waals surface area contributed by atoms with Crippen molar-refractivity contribution in [3.63, 3.8) is 0 Å². The minimum absolute atomic E-state index is 0.0481. The van der Waals surface area contributed by atoms with Crippen LogP contribution in [0.25, 0.3) is 0 Å². The minimum Gasteiger partial charge on any atom is -0.356 e. The molecule has 1 aliphatic rings. The van der Waals surface area contributed by atoms with Gasteiger partial charge in [-0.25, -0.2) is 9.97 Å². The number of amides is 1. The van der Waals surface area contributed by atoms with Crippen molar-refractivity contribution in [1.82, 2.24) is 15.3 Å². The molecule has 0 radical (unpaired) electrons. The summed E-state index contributed by atoms with van der Waals surface area (Å²) in [5.41, 5.74) is -0.0481. The van der Waals surface area contributed by atoms with Gasteiger partial charge in [0, 0.05) is 37.2 Å². The standard InChI is InChI=1S/C18H30N4O/c1-5-6-10-19-16(23)14-8-12-22(13-9-14)15-7-11-20-17(21-15)18(2,3)4/h7,11,14H,5-6,8-10,12-13H2,1-4H3,(H,19,23). The Hall–Kier alpha value is -1.65. The van der Waals surface area contributed by atoms with E-state index in [0.717, 1.165) is 57.0 Å². The number of nitrogens with zero attached hydrogens (tertiary/aromatic N) is 3. The normalized spacial score (nSPS) is 16.4. The molecule has 0 aliphatic carbocycles. The number of rotatable bonds is 5. The summed E-state index contributed by atoms with van der Waals surface area (Å²) in [6.07, 6.45) is 5.80. The van der Waals surface area contributed by atoms with Crippen molar-refractivity contribution in [1.29, 1.82) is 0 Å². The zero-order valence-corrected chi connectivity index (χ0v) is 14.9. The van der Waals surface area contributed by atoms with Gasteiger partial charge in [0.2, 0.25) is 5.91 Å². The van der Waals surface area contributed by atoms with E-state index in [1.807, 2.05) is 12.3 Å². The van der Waals surface area contributed by atoms with E-state index in [4.69, 9.17) is 4.98 Å². The highest BCUT2D eigenvalue weighted by atomic mass is 16.1. The van der Waals surface area contributed by atoms with Gasteiger partial charge < -0.3 is 10.2 Å². The van der Waals surface area contributed by atoms with Gasteiger partial charge in [-0.3, -0.25) is 4.79 Å². The Labute approximate surface area is 139 Å². The van der Waals surface area contributed by atoms with Crippen molar-refractivity contribution in [3.05, 3.63) is 18.1 Å². The second-order valence-corrected chi connectivity index (χ2v) is 7.39. The molecular formula is C18H30N4O. The summed E-state index contributed by atoms with van der Waals surface area (Å²) in [4.78, 5) is 23.5. The molecule has 1 amide bonds. The fraction of sp³-hybridized carbons (Fsp3) is 0.722. The second kappa shape index (κ2) is 7.75. The maximum Gasteiger partial charge on any atom is 0.223 e. The average Bonchev–Trinajstić information content (AvgIpc) is 2.54. The van der Waals surface area contributed by atoms with Crippen LogP contribution in [0.5, 0.6) is 0 Å². The molecule has 1 saturated heterocycles. The van der Waals surface area contributed by atoms with E-state index in [1.165, 1.54) is 0 Å². The Balaban J connectivity index is 1.90. The summed E-state index contributed by atoms with van der Waals surface area (Å²) < 4.78 is 0. The van der Waals surface area contributed by atoms with E-state index >= 15 is 0 Å². The monoisotopic (exact) mass is 318 g/mol. The fourth-order valence-electron chi connectivity index (χ4n) is 2.79. The third kappa shape index (κ3) is 4.91. The Morgan fingerprint density at radius 1 is 1.35 bits per heavy atom. The Kier molecular flexibility index (Phi) is 5.97. The smallest absolute Gasteiger partial charge is 0.223 e. The molecule has 23 heavy (non-hydrogen) atoms. The van der Waals surface area contributed by atoms with Gasteiger partial charge in [0.05, 0.1) is 0 Å². The van der Waals surface area contributed by atoms with E-state index in [-0.39, 0.29) is 17.2 Å². The van der Waals surface area contributed by atoms with Crippen LogP contribution in [0.2, 0.25) is 0 Å². The van der Waals surface area contributed by atoms with Crippen molar-refractivity contribution >= 4 is 11.7 Å². The highest BCUT2D eigenvalue weighted by Gasteiger charge is 2.26. The number of anilines is 1. The summed E-state index contributed by atoms with van der Waals surface area (Å²) in [7, 11) is 0. The lowest BCUT2D eigenvalue weighted by Gasteiger charge is -2.32. The molecule has 2 rings (SSSR count). The van der Waals surface area contributed by atoms with E-state index < -0.39 is 0 Å². The van der Waals surface area contributed by atoms with E-state index in [1.54, 1.807) is 0 Å². The van der Waals surface area contributed by atoms with Crippen LogP contribution in [0.1, 0.15) is 59.2 Å². The summed E-state index contributed by atoms with van der Waals surface area (Å²) in [6.45, 7) is 11.1. The molecule has 128 valence electrons. The molecule has 0 saturated carbocycles. The summed E-state index contributed by atoms with van der Waals surface area (Å²) in [5, 5.41) is 3.05. The lowest BCUT2D eigenvalue weighted by Crippen LogP contribution is -2.41. The molecule has 0 bridgehead atoms. The number of hydrogen-bond acceptors (Lipinski definition) is 4. The molecule has 1 N–H and O–H groups in total. The predicted octanol–water partition coefficient (Wildman–Crippen LogP) is 2.91. The Morgan fingerprint density at radius 3 is 2.65 bits per heavy atom. The summed E-state index contributed by atoms with van der Waals surface area (Å²) in [5.74, 6) is 2.22. The van der Waals surface area contributed by atoms with E-state index in [0.29, 0.717) is 0 Å². The second-order valence-electron chi connectivity index (χ2n) is 7.39. The fourth-order valence-corrected chi connectivity index (χ4v) is 2.79. The minimum atomic E-state index is -0.0481. The molecule has 1 aromatic rings. The quantitative estimate of drug-likeness (QED) is 0.848. The number of unbranched alkanes of at least 4 members (excludes halogenated alkanes) is 1. The van der Waals surface area contributed by atoms with Crippen molar-refractivity contribution in [2.75, 3.05) is 24.5 Å². The zero-order valence-electron chi connectivity index (χ0n) is 14.9. The van der Waals surface area contributed by atoms with Crippen LogP contribution in [-0.2, 0) is 10.2 Å². The van der Waals surface area contributed by atoms with Crippen molar-refractivity contribution < 1.29 is 4.79 Å². The average molecular weight is 318 g/mol. The highest BCUT2D eigenvalue weighted by Crippen LogP contribution is 2.24. The number of hydrogen-bond donors (Lipinski definition) is 1. The molecule has 0 spiro atoms. The zero-order chi connectivity index (χ0) is 16.9. The lowest BCUT2D eigenvalue weighted by atomic mass is 9.95. The number of piperidine rings is 1. The molecule has 1 aliphatic heterocycles. The molecular weight excluding hydrogens is 288 g/mol. The number of carbonyl (C=O) groups excluding carboxylic acids is 1. The van der Waals surface area contributed by atoms with Gasteiger partial charge in [-0.15, -0.1) is 0 Å². The van der Waals surface area contributed by atoms with Crippen LogP contribution in [0.4, 0.5) is 5.82 Å². The van der Waals surface area contributed by atoms with Gasteiger partial charge in [-0.05, 0) is 25.3 Å². The van der Waals surface area contributed by atoms with Crippen molar-refractivity contribution in [2.45, 2.75) is 58.8 Å². The summed E-state index contributed by atoms with van der Waals surface area (Å²) >= 11 is 0. The third-order valence-electron chi connectivity index (χ3n) is 4.33. The highest BCUT2D eigenvalue weighted by molar-refractivity contribution is 5.78. The van der Waals surface area contributed by atoms with Gasteiger partial charge >= 0.3 is 0 Å². The van der Waals surface area contributed by atoms with Gasteiger partial charge in [0.15, 0.2) is 0 Å². The molecule has 1 fully saturated rings. The van der Waals surface area contributed by atoms with E-state index in [2.05, 4.69) is 42.9 Å². The molecule has 0 unspecified atom stereocenters. The molecule has 0 aromatic carbocycles. The largest absolute Gasteiger partial charge is 0.356 e.